The molecule has 0 aromatic rings. The van der Waals surface area contributed by atoms with Crippen molar-refractivity contribution in [1.82, 2.24) is 0 Å². The normalized spacial score (nSPS) is 8.89. The van der Waals surface area contributed by atoms with Crippen molar-refractivity contribution in [2.75, 3.05) is 0 Å². The Morgan fingerprint density at radius 1 is 1.44 bits per heavy atom. The Morgan fingerprint density at radius 3 is 2.00 bits per heavy atom. The van der Waals surface area contributed by atoms with Gasteiger partial charge in [0.1, 0.15) is 0 Å². The predicted molar refractivity (Wildman–Crippen MR) is 42.6 cm³/mol. The molecular weight excluding hydrogens is 180 g/mol. The Morgan fingerprint density at radius 2 is 1.89 bits per heavy atom. The van der Waals surface area contributed by atoms with E-state index in [2.05, 4.69) is 15.9 Å². The van der Waals surface area contributed by atoms with E-state index in [1.54, 1.807) is 0 Å². The fraction of sp³-hybridized carbons (Fsp3) is 0.571. The van der Waals surface area contributed by atoms with Crippen LogP contribution in [0.25, 0.3) is 0 Å². The van der Waals surface area contributed by atoms with Gasteiger partial charge in [-0.05, 0) is 29.8 Å². The van der Waals surface area contributed by atoms with Gasteiger partial charge in [0.25, 0.3) is 0 Å². The summed E-state index contributed by atoms with van der Waals surface area (Å²) in [6, 6.07) is 0. The molecule has 0 saturated heterocycles. The lowest BCUT2D eigenvalue weighted by Crippen LogP contribution is -1.94. The second-order valence-corrected chi connectivity index (χ2v) is 2.88. The van der Waals surface area contributed by atoms with E-state index in [-0.39, 0.29) is 5.78 Å². The number of carbonyl (C=O) groups is 1. The number of rotatable bonds is 2. The Bertz CT molecular complexity index is 143. The van der Waals surface area contributed by atoms with Gasteiger partial charge in [-0.2, -0.15) is 0 Å². The average molecular weight is 191 g/mol. The van der Waals surface area contributed by atoms with Gasteiger partial charge in [0.2, 0.25) is 0 Å². The van der Waals surface area contributed by atoms with Crippen molar-refractivity contribution >= 4 is 21.7 Å². The molecule has 0 saturated carbocycles. The maximum atomic E-state index is 10.8. The van der Waals surface area contributed by atoms with Gasteiger partial charge in [-0.1, -0.05) is 12.5 Å². The summed E-state index contributed by atoms with van der Waals surface area (Å²) in [5.74, 6) is 0.176. The van der Waals surface area contributed by atoms with Crippen LogP contribution < -0.4 is 0 Å². The van der Waals surface area contributed by atoms with Gasteiger partial charge in [0.15, 0.2) is 5.78 Å². The Hall–Kier alpha value is -0.110. The third-order valence-electron chi connectivity index (χ3n) is 1.00. The van der Waals surface area contributed by atoms with Crippen LogP contribution in [0.15, 0.2) is 10.1 Å². The topological polar surface area (TPSA) is 17.1 Å². The standard InChI is InChI=1S/C7H11BrO/c1-4-6(9)7(8)5(2)3/h4H2,1-3H3. The average Bonchev–Trinajstić information content (AvgIpc) is 1.84. The van der Waals surface area contributed by atoms with Crippen molar-refractivity contribution in [3.63, 3.8) is 0 Å². The van der Waals surface area contributed by atoms with Gasteiger partial charge in [-0.25, -0.2) is 0 Å². The van der Waals surface area contributed by atoms with E-state index >= 15 is 0 Å². The molecule has 0 atom stereocenters. The minimum Gasteiger partial charge on any atom is -0.294 e. The molecule has 0 rings (SSSR count). The number of ketones is 1. The molecule has 2 heteroatoms. The third-order valence-corrected chi connectivity index (χ3v) is 2.24. The first kappa shape index (κ1) is 8.89. The summed E-state index contributed by atoms with van der Waals surface area (Å²) in [7, 11) is 0. The smallest absolute Gasteiger partial charge is 0.169 e. The number of hydrogen-bond donors (Lipinski definition) is 0. The monoisotopic (exact) mass is 190 g/mol. The zero-order chi connectivity index (χ0) is 7.44. The molecule has 9 heavy (non-hydrogen) atoms. The second kappa shape index (κ2) is 3.83. The van der Waals surface area contributed by atoms with E-state index in [0.29, 0.717) is 6.42 Å². The summed E-state index contributed by atoms with van der Waals surface area (Å²) in [5, 5.41) is 0. The highest BCUT2D eigenvalue weighted by atomic mass is 79.9. The quantitative estimate of drug-likeness (QED) is 0.613. The molecule has 0 bridgehead atoms. The molecule has 0 unspecified atom stereocenters. The van der Waals surface area contributed by atoms with Crippen LogP contribution >= 0.6 is 15.9 Å². The van der Waals surface area contributed by atoms with E-state index < -0.39 is 0 Å². The Balaban J connectivity index is 4.21. The van der Waals surface area contributed by atoms with E-state index in [9.17, 15) is 4.79 Å². The fourth-order valence-corrected chi connectivity index (χ4v) is 0.714. The SMILES string of the molecule is CCC(=O)C(Br)=C(C)C. The zero-order valence-electron chi connectivity index (χ0n) is 5.99. The second-order valence-electron chi connectivity index (χ2n) is 2.09. The van der Waals surface area contributed by atoms with Crippen LogP contribution in [0.1, 0.15) is 27.2 Å². The number of carbonyl (C=O) groups excluding carboxylic acids is 1. The molecular formula is C7H11BrO. The minimum absolute atomic E-state index is 0.176. The summed E-state index contributed by atoms with van der Waals surface area (Å²) < 4.78 is 0.727. The van der Waals surface area contributed by atoms with Gasteiger partial charge >= 0.3 is 0 Å². The predicted octanol–water partition coefficient (Wildman–Crippen LogP) is 2.65. The van der Waals surface area contributed by atoms with Crippen LogP contribution in [0.5, 0.6) is 0 Å². The zero-order valence-corrected chi connectivity index (χ0v) is 7.58. The van der Waals surface area contributed by atoms with Crippen molar-refractivity contribution in [3.05, 3.63) is 10.1 Å². The van der Waals surface area contributed by atoms with E-state index in [1.807, 2.05) is 20.8 Å². The maximum Gasteiger partial charge on any atom is 0.169 e. The van der Waals surface area contributed by atoms with Crippen molar-refractivity contribution < 1.29 is 4.79 Å². The number of Topliss-reactive ketones (excluding diaryl/α,β-unsaturated/α-hetero) is 1. The number of hydrogen-bond acceptors (Lipinski definition) is 1. The lowest BCUT2D eigenvalue weighted by Gasteiger charge is -1.95. The number of halogens is 1. The maximum absolute atomic E-state index is 10.8. The lowest BCUT2D eigenvalue weighted by molar-refractivity contribution is -0.114. The van der Waals surface area contributed by atoms with Crippen LogP contribution in [-0.4, -0.2) is 5.78 Å². The molecule has 0 aromatic carbocycles. The van der Waals surface area contributed by atoms with Crippen molar-refractivity contribution in [3.8, 4) is 0 Å². The Labute approximate surface area is 64.3 Å². The highest BCUT2D eigenvalue weighted by Gasteiger charge is 2.02. The largest absolute Gasteiger partial charge is 0.294 e. The molecule has 52 valence electrons. The van der Waals surface area contributed by atoms with Crippen LogP contribution in [-0.2, 0) is 4.79 Å². The lowest BCUT2D eigenvalue weighted by atomic mass is 10.2. The van der Waals surface area contributed by atoms with Crippen molar-refractivity contribution in [2.45, 2.75) is 27.2 Å². The van der Waals surface area contributed by atoms with Crippen molar-refractivity contribution in [2.24, 2.45) is 0 Å². The van der Waals surface area contributed by atoms with Gasteiger partial charge in [0, 0.05) is 6.42 Å². The highest BCUT2D eigenvalue weighted by molar-refractivity contribution is 9.12. The van der Waals surface area contributed by atoms with E-state index in [4.69, 9.17) is 0 Å². The molecule has 0 N–H and O–H groups in total. The summed E-state index contributed by atoms with van der Waals surface area (Å²) in [5.41, 5.74) is 1.04. The number of allylic oxidation sites excluding steroid dienone is 2. The van der Waals surface area contributed by atoms with Crippen molar-refractivity contribution in [1.29, 1.82) is 0 Å². The van der Waals surface area contributed by atoms with Gasteiger partial charge in [0.05, 0.1) is 4.48 Å². The molecule has 0 aliphatic carbocycles. The fourth-order valence-electron chi connectivity index (χ4n) is 0.434. The minimum atomic E-state index is 0.176. The van der Waals surface area contributed by atoms with E-state index in [1.165, 1.54) is 0 Å². The van der Waals surface area contributed by atoms with Crippen LogP contribution in [0.3, 0.4) is 0 Å². The molecule has 0 amide bonds. The highest BCUT2D eigenvalue weighted by Crippen LogP contribution is 2.13. The van der Waals surface area contributed by atoms with Gasteiger partial charge in [-0.15, -0.1) is 0 Å². The Kier molecular flexibility index (Phi) is 3.78. The first-order valence-electron chi connectivity index (χ1n) is 2.95. The first-order chi connectivity index (χ1) is 4.09. The van der Waals surface area contributed by atoms with Gasteiger partial charge < -0.3 is 0 Å². The molecule has 0 aromatic heterocycles. The summed E-state index contributed by atoms with van der Waals surface area (Å²) >= 11 is 3.20. The molecule has 0 aliphatic rings. The molecule has 0 heterocycles. The molecule has 1 nitrogen and oxygen atoms in total. The summed E-state index contributed by atoms with van der Waals surface area (Å²) in [4.78, 5) is 10.8. The molecule has 0 radical (unpaired) electrons. The van der Waals surface area contributed by atoms with Crippen LogP contribution in [0.4, 0.5) is 0 Å². The van der Waals surface area contributed by atoms with E-state index in [0.717, 1.165) is 10.1 Å². The third kappa shape index (κ3) is 2.80. The molecule has 0 aliphatic heterocycles. The van der Waals surface area contributed by atoms with Crippen LogP contribution in [0.2, 0.25) is 0 Å². The molecule has 0 fully saturated rings. The summed E-state index contributed by atoms with van der Waals surface area (Å²) in [6.07, 6.45) is 0.575. The van der Waals surface area contributed by atoms with Crippen LogP contribution in [0, 0.1) is 0 Å². The van der Waals surface area contributed by atoms with Gasteiger partial charge in [-0.3, -0.25) is 4.79 Å². The summed E-state index contributed by atoms with van der Waals surface area (Å²) in [6.45, 7) is 5.68. The molecule has 0 spiro atoms. The first-order valence-corrected chi connectivity index (χ1v) is 3.75.